The normalized spacial score (nSPS) is 23.5. The van der Waals surface area contributed by atoms with Crippen molar-refractivity contribution >= 4 is 5.97 Å². The fourth-order valence-electron chi connectivity index (χ4n) is 4.53. The van der Waals surface area contributed by atoms with E-state index in [4.69, 9.17) is 9.84 Å². The molecule has 174 valence electrons. The first-order chi connectivity index (χ1) is 13.3. The molecular weight excluding hydrogens is 434 g/mol. The lowest BCUT2D eigenvalue weighted by Crippen LogP contribution is -3.00. The topological polar surface area (TPSA) is 66.8 Å². The van der Waals surface area contributed by atoms with Gasteiger partial charge >= 0.3 is 5.97 Å². The number of carboxylic acids is 1. The number of halogens is 1. The van der Waals surface area contributed by atoms with Crippen molar-refractivity contribution < 1.29 is 41.2 Å². The molecule has 1 fully saturated rings. The SMILES string of the molecule is CCCCCCCCCCCCCCC[C@@]1(O)C[N+](C)(C)C[C@H](CC(=O)O)O1.[Br-]. The Balaban J connectivity index is 0.00000784. The van der Waals surface area contributed by atoms with Crippen LogP contribution in [0.1, 0.15) is 103 Å². The van der Waals surface area contributed by atoms with E-state index in [1.54, 1.807) is 0 Å². The number of ether oxygens (including phenoxy) is 1. The molecule has 0 aromatic carbocycles. The van der Waals surface area contributed by atoms with Crippen LogP contribution in [0.2, 0.25) is 0 Å². The predicted octanol–water partition coefficient (Wildman–Crippen LogP) is 2.11. The zero-order chi connectivity index (χ0) is 20.9. The van der Waals surface area contributed by atoms with Gasteiger partial charge in [-0.15, -0.1) is 0 Å². The van der Waals surface area contributed by atoms with Gasteiger partial charge in [-0.25, -0.2) is 0 Å². The van der Waals surface area contributed by atoms with Crippen LogP contribution in [0.5, 0.6) is 0 Å². The van der Waals surface area contributed by atoms with Crippen LogP contribution in [0.4, 0.5) is 0 Å². The molecule has 2 atom stereocenters. The van der Waals surface area contributed by atoms with Crippen molar-refractivity contribution in [3.05, 3.63) is 0 Å². The number of nitrogens with zero attached hydrogens (tertiary/aromatic N) is 1. The van der Waals surface area contributed by atoms with Crippen LogP contribution in [-0.4, -0.2) is 59.7 Å². The van der Waals surface area contributed by atoms with Crippen LogP contribution in [0.25, 0.3) is 0 Å². The molecule has 2 N–H and O–H groups in total. The second-order valence-corrected chi connectivity index (χ2v) is 9.55. The second kappa shape index (κ2) is 15.6. The summed E-state index contributed by atoms with van der Waals surface area (Å²) in [6, 6.07) is 0. The van der Waals surface area contributed by atoms with E-state index in [0.29, 0.717) is 24.0 Å². The molecule has 29 heavy (non-hydrogen) atoms. The summed E-state index contributed by atoms with van der Waals surface area (Å²) in [5, 5.41) is 19.9. The van der Waals surface area contributed by atoms with Gasteiger partial charge in [0.1, 0.15) is 19.2 Å². The zero-order valence-corrected chi connectivity index (χ0v) is 20.7. The van der Waals surface area contributed by atoms with Crippen LogP contribution >= 0.6 is 0 Å². The molecule has 1 heterocycles. The van der Waals surface area contributed by atoms with Gasteiger partial charge in [0, 0.05) is 6.42 Å². The number of rotatable bonds is 16. The third-order valence-corrected chi connectivity index (χ3v) is 5.83. The van der Waals surface area contributed by atoms with E-state index in [-0.39, 0.29) is 23.4 Å². The highest BCUT2D eigenvalue weighted by Gasteiger charge is 2.45. The largest absolute Gasteiger partial charge is 1.00 e. The van der Waals surface area contributed by atoms with Gasteiger partial charge in [0.05, 0.1) is 20.5 Å². The average molecular weight is 481 g/mol. The van der Waals surface area contributed by atoms with Crippen LogP contribution in [0.15, 0.2) is 0 Å². The van der Waals surface area contributed by atoms with Crippen molar-refractivity contribution in [3.63, 3.8) is 0 Å². The number of carboxylic acid groups (broad SMARTS) is 1. The van der Waals surface area contributed by atoms with Crippen LogP contribution in [0, 0.1) is 0 Å². The van der Waals surface area contributed by atoms with Gasteiger partial charge in [-0.2, -0.15) is 0 Å². The summed E-state index contributed by atoms with van der Waals surface area (Å²) in [5.41, 5.74) is 0. The molecule has 0 spiro atoms. The van der Waals surface area contributed by atoms with E-state index >= 15 is 0 Å². The Morgan fingerprint density at radius 1 is 0.931 bits per heavy atom. The van der Waals surface area contributed by atoms with E-state index < -0.39 is 17.9 Å². The number of quaternary nitrogens is 1. The predicted molar refractivity (Wildman–Crippen MR) is 114 cm³/mol. The lowest BCUT2D eigenvalue weighted by molar-refractivity contribution is -0.915. The molecule has 1 saturated heterocycles. The Bertz CT molecular complexity index is 433. The molecule has 0 aliphatic carbocycles. The molecule has 0 amide bonds. The van der Waals surface area contributed by atoms with E-state index in [0.717, 1.165) is 12.8 Å². The van der Waals surface area contributed by atoms with Crippen LogP contribution in [0.3, 0.4) is 0 Å². The Kier molecular flexibility index (Phi) is 15.5. The van der Waals surface area contributed by atoms with Gasteiger partial charge in [-0.05, 0) is 6.42 Å². The molecule has 0 unspecified atom stereocenters. The summed E-state index contributed by atoms with van der Waals surface area (Å²) in [4.78, 5) is 11.0. The molecule has 0 radical (unpaired) electrons. The van der Waals surface area contributed by atoms with Gasteiger partial charge in [-0.1, -0.05) is 84.0 Å². The van der Waals surface area contributed by atoms with Gasteiger partial charge in [0.15, 0.2) is 0 Å². The van der Waals surface area contributed by atoms with Crippen molar-refractivity contribution in [2.24, 2.45) is 0 Å². The number of morpholine rings is 1. The Morgan fingerprint density at radius 3 is 1.83 bits per heavy atom. The summed E-state index contributed by atoms with van der Waals surface area (Å²) in [6.07, 6.45) is 17.0. The first-order valence-corrected chi connectivity index (χ1v) is 11.7. The number of unbranched alkanes of at least 4 members (excludes halogenated alkanes) is 12. The summed E-state index contributed by atoms with van der Waals surface area (Å²) in [5.74, 6) is -2.05. The summed E-state index contributed by atoms with van der Waals surface area (Å²) >= 11 is 0. The number of hydrogen-bond donors (Lipinski definition) is 2. The minimum absolute atomic E-state index is 0. The molecular formula is C23H46BrNO4. The lowest BCUT2D eigenvalue weighted by atomic mass is 10.0. The highest BCUT2D eigenvalue weighted by atomic mass is 79.9. The van der Waals surface area contributed by atoms with Crippen molar-refractivity contribution in [2.45, 2.75) is 115 Å². The molecule has 6 heteroatoms. The maximum Gasteiger partial charge on any atom is 0.306 e. The Morgan fingerprint density at radius 2 is 1.38 bits per heavy atom. The number of aliphatic carboxylic acids is 1. The minimum Gasteiger partial charge on any atom is -1.00 e. The fraction of sp³-hybridized carbons (Fsp3) is 0.957. The third-order valence-electron chi connectivity index (χ3n) is 5.83. The average Bonchev–Trinajstić information content (AvgIpc) is 2.56. The summed E-state index contributed by atoms with van der Waals surface area (Å²) < 4.78 is 6.39. The zero-order valence-electron chi connectivity index (χ0n) is 19.1. The quantitative estimate of drug-likeness (QED) is 0.262. The number of aliphatic hydroxyl groups is 1. The minimum atomic E-state index is -1.18. The highest BCUT2D eigenvalue weighted by molar-refractivity contribution is 5.67. The molecule has 1 aliphatic heterocycles. The number of likely N-dealkylation sites (N-methyl/N-ethyl adjacent to an activating group) is 1. The maximum absolute atomic E-state index is 11.0. The first-order valence-electron chi connectivity index (χ1n) is 11.7. The van der Waals surface area contributed by atoms with E-state index in [2.05, 4.69) is 6.92 Å². The van der Waals surface area contributed by atoms with E-state index in [1.165, 1.54) is 70.6 Å². The number of carbonyl (C=O) groups is 1. The van der Waals surface area contributed by atoms with Gasteiger partial charge in [0.25, 0.3) is 0 Å². The maximum atomic E-state index is 11.0. The lowest BCUT2D eigenvalue weighted by Gasteiger charge is -2.46. The highest BCUT2D eigenvalue weighted by Crippen LogP contribution is 2.29. The van der Waals surface area contributed by atoms with Gasteiger partial charge in [0.2, 0.25) is 5.79 Å². The van der Waals surface area contributed by atoms with Crippen molar-refractivity contribution in [2.75, 3.05) is 27.2 Å². The molecule has 0 aromatic heterocycles. The molecule has 0 saturated carbocycles. The van der Waals surface area contributed by atoms with Crippen LogP contribution in [-0.2, 0) is 9.53 Å². The summed E-state index contributed by atoms with van der Waals surface area (Å²) in [6.45, 7) is 3.42. The van der Waals surface area contributed by atoms with Crippen molar-refractivity contribution in [1.82, 2.24) is 0 Å². The van der Waals surface area contributed by atoms with E-state index in [9.17, 15) is 9.90 Å². The van der Waals surface area contributed by atoms with Crippen molar-refractivity contribution in [1.29, 1.82) is 0 Å². The molecule has 1 rings (SSSR count). The second-order valence-electron chi connectivity index (χ2n) is 9.55. The fourth-order valence-corrected chi connectivity index (χ4v) is 4.53. The van der Waals surface area contributed by atoms with Crippen LogP contribution < -0.4 is 17.0 Å². The molecule has 0 bridgehead atoms. The molecule has 1 aliphatic rings. The van der Waals surface area contributed by atoms with Gasteiger partial charge < -0.3 is 36.4 Å². The van der Waals surface area contributed by atoms with Crippen molar-refractivity contribution in [3.8, 4) is 0 Å². The standard InChI is InChI=1S/C23H45NO4.BrH/c1-4-5-6-7-8-9-10-11-12-13-14-15-16-17-23(27)20-24(2,3)19-21(28-23)18-22(25)26;/h21,27H,4-20H2,1-3H3;1H/t21-,23-;/m0./s1. The number of hydrogen-bond acceptors (Lipinski definition) is 3. The smallest absolute Gasteiger partial charge is 0.306 e. The Hall–Kier alpha value is -0.170. The first kappa shape index (κ1) is 28.8. The monoisotopic (exact) mass is 479 g/mol. The molecule has 5 nitrogen and oxygen atoms in total. The Labute approximate surface area is 189 Å². The van der Waals surface area contributed by atoms with E-state index in [1.807, 2.05) is 14.1 Å². The van der Waals surface area contributed by atoms with Gasteiger partial charge in [-0.3, -0.25) is 4.79 Å². The molecule has 0 aromatic rings. The summed E-state index contributed by atoms with van der Waals surface area (Å²) in [7, 11) is 4.07. The third kappa shape index (κ3) is 14.5.